The molecule has 4 aromatic carbocycles. The van der Waals surface area contributed by atoms with E-state index in [4.69, 9.17) is 4.74 Å². The van der Waals surface area contributed by atoms with E-state index in [1.807, 2.05) is 60.7 Å². The zero-order valence-electron chi connectivity index (χ0n) is 15.0. The van der Waals surface area contributed by atoms with Gasteiger partial charge in [-0.05, 0) is 58.3 Å². The van der Waals surface area contributed by atoms with Gasteiger partial charge in [-0.2, -0.15) is 0 Å². The predicted molar refractivity (Wildman–Crippen MR) is 110 cm³/mol. The third kappa shape index (κ3) is 3.53. The highest BCUT2D eigenvalue weighted by molar-refractivity contribution is 6.05. The molecule has 3 nitrogen and oxygen atoms in total. The number of hydrogen-bond acceptors (Lipinski definition) is 2. The second kappa shape index (κ2) is 7.34. The second-order valence-electron chi connectivity index (χ2n) is 6.29. The quantitative estimate of drug-likeness (QED) is 0.506. The molecule has 0 aliphatic rings. The van der Waals surface area contributed by atoms with Gasteiger partial charge in [0, 0.05) is 11.3 Å². The van der Waals surface area contributed by atoms with E-state index in [2.05, 4.69) is 35.6 Å². The van der Waals surface area contributed by atoms with Crippen LogP contribution in [0, 0.1) is 0 Å². The van der Waals surface area contributed by atoms with Gasteiger partial charge in [-0.15, -0.1) is 0 Å². The molecular formula is C24H19NO2. The molecular weight excluding hydrogens is 334 g/mol. The molecule has 0 bridgehead atoms. The van der Waals surface area contributed by atoms with Gasteiger partial charge in [0.15, 0.2) is 0 Å². The molecule has 4 rings (SSSR count). The monoisotopic (exact) mass is 353 g/mol. The summed E-state index contributed by atoms with van der Waals surface area (Å²) in [4.78, 5) is 12.5. The number of hydrogen-bond donors (Lipinski definition) is 1. The fourth-order valence-corrected chi connectivity index (χ4v) is 3.16. The summed E-state index contributed by atoms with van der Waals surface area (Å²) in [6, 6.07) is 29.6. The first-order valence-electron chi connectivity index (χ1n) is 8.78. The van der Waals surface area contributed by atoms with Gasteiger partial charge in [-0.1, -0.05) is 54.6 Å². The van der Waals surface area contributed by atoms with Crippen LogP contribution in [-0.2, 0) is 0 Å². The Morgan fingerprint density at radius 2 is 1.48 bits per heavy atom. The Balaban J connectivity index is 1.57. The molecule has 27 heavy (non-hydrogen) atoms. The Labute approximate surface area is 158 Å². The minimum absolute atomic E-state index is 0.135. The number of amides is 1. The average Bonchev–Trinajstić information content (AvgIpc) is 2.74. The lowest BCUT2D eigenvalue weighted by molar-refractivity contribution is 0.102. The van der Waals surface area contributed by atoms with Gasteiger partial charge in [0.1, 0.15) is 5.75 Å². The summed E-state index contributed by atoms with van der Waals surface area (Å²) >= 11 is 0. The van der Waals surface area contributed by atoms with Crippen molar-refractivity contribution >= 4 is 22.4 Å². The Hall–Kier alpha value is -3.59. The zero-order valence-corrected chi connectivity index (χ0v) is 15.0. The van der Waals surface area contributed by atoms with Crippen LogP contribution in [0.2, 0.25) is 0 Å². The lowest BCUT2D eigenvalue weighted by Gasteiger charge is -2.09. The molecule has 0 aliphatic carbocycles. The summed E-state index contributed by atoms with van der Waals surface area (Å²) in [5, 5.41) is 5.31. The van der Waals surface area contributed by atoms with Crippen LogP contribution in [0.4, 0.5) is 5.69 Å². The first-order valence-corrected chi connectivity index (χ1v) is 8.78. The summed E-state index contributed by atoms with van der Waals surface area (Å²) < 4.78 is 5.13. The van der Waals surface area contributed by atoms with Crippen LogP contribution in [0.3, 0.4) is 0 Å². The molecule has 1 N–H and O–H groups in total. The van der Waals surface area contributed by atoms with Gasteiger partial charge < -0.3 is 10.1 Å². The van der Waals surface area contributed by atoms with Crippen molar-refractivity contribution in [3.63, 3.8) is 0 Å². The molecule has 0 saturated heterocycles. The van der Waals surface area contributed by atoms with Crippen molar-refractivity contribution in [2.45, 2.75) is 0 Å². The molecule has 0 unspecified atom stereocenters. The number of carbonyl (C=O) groups is 1. The van der Waals surface area contributed by atoms with Crippen LogP contribution in [0.15, 0.2) is 91.0 Å². The molecule has 0 saturated carbocycles. The molecule has 0 fully saturated rings. The molecule has 0 radical (unpaired) electrons. The van der Waals surface area contributed by atoms with Gasteiger partial charge in [0.2, 0.25) is 0 Å². The maximum atomic E-state index is 12.5. The van der Waals surface area contributed by atoms with Crippen molar-refractivity contribution < 1.29 is 9.53 Å². The van der Waals surface area contributed by atoms with Crippen LogP contribution in [0.1, 0.15) is 10.4 Å². The van der Waals surface area contributed by atoms with Crippen LogP contribution >= 0.6 is 0 Å². The first kappa shape index (κ1) is 16.9. The van der Waals surface area contributed by atoms with Gasteiger partial charge in [0.05, 0.1) is 7.11 Å². The minimum atomic E-state index is -0.135. The van der Waals surface area contributed by atoms with E-state index in [1.54, 1.807) is 7.11 Å². The van der Waals surface area contributed by atoms with Gasteiger partial charge >= 0.3 is 0 Å². The molecule has 0 spiro atoms. The molecule has 3 heteroatoms. The summed E-state index contributed by atoms with van der Waals surface area (Å²) in [7, 11) is 1.62. The van der Waals surface area contributed by atoms with Crippen molar-refractivity contribution in [2.75, 3.05) is 12.4 Å². The fraction of sp³-hybridized carbons (Fsp3) is 0.0417. The Morgan fingerprint density at radius 1 is 0.778 bits per heavy atom. The van der Waals surface area contributed by atoms with Crippen molar-refractivity contribution in [2.24, 2.45) is 0 Å². The van der Waals surface area contributed by atoms with Crippen molar-refractivity contribution in [3.05, 3.63) is 96.6 Å². The third-order valence-corrected chi connectivity index (χ3v) is 4.60. The van der Waals surface area contributed by atoms with E-state index < -0.39 is 0 Å². The van der Waals surface area contributed by atoms with Crippen LogP contribution in [-0.4, -0.2) is 13.0 Å². The lowest BCUT2D eigenvalue weighted by Crippen LogP contribution is -2.11. The predicted octanol–water partition coefficient (Wildman–Crippen LogP) is 5.77. The smallest absolute Gasteiger partial charge is 0.255 e. The van der Waals surface area contributed by atoms with E-state index in [1.165, 1.54) is 10.8 Å². The molecule has 0 aliphatic heterocycles. The highest BCUT2D eigenvalue weighted by atomic mass is 16.5. The SMILES string of the molecule is COc1ccc(NC(=O)c2ccc(-c3cccc4ccccc34)cc2)cc1. The average molecular weight is 353 g/mol. The number of rotatable bonds is 4. The summed E-state index contributed by atoms with van der Waals surface area (Å²) in [5.41, 5.74) is 3.61. The van der Waals surface area contributed by atoms with Crippen LogP contribution < -0.4 is 10.1 Å². The number of fused-ring (bicyclic) bond motifs is 1. The maximum Gasteiger partial charge on any atom is 0.255 e. The van der Waals surface area contributed by atoms with Crippen LogP contribution in [0.5, 0.6) is 5.75 Å². The van der Waals surface area contributed by atoms with Crippen LogP contribution in [0.25, 0.3) is 21.9 Å². The maximum absolute atomic E-state index is 12.5. The van der Waals surface area contributed by atoms with E-state index in [0.29, 0.717) is 5.56 Å². The Bertz CT molecular complexity index is 1080. The molecule has 0 heterocycles. The van der Waals surface area contributed by atoms with E-state index in [-0.39, 0.29) is 5.91 Å². The molecule has 0 atom stereocenters. The van der Waals surface area contributed by atoms with Gasteiger partial charge in [-0.25, -0.2) is 0 Å². The number of anilines is 1. The highest BCUT2D eigenvalue weighted by Gasteiger charge is 2.08. The number of nitrogens with one attached hydrogen (secondary N) is 1. The van der Waals surface area contributed by atoms with Crippen molar-refractivity contribution in [3.8, 4) is 16.9 Å². The third-order valence-electron chi connectivity index (χ3n) is 4.60. The minimum Gasteiger partial charge on any atom is -0.497 e. The summed E-state index contributed by atoms with van der Waals surface area (Å²) in [6.45, 7) is 0. The van der Waals surface area contributed by atoms with E-state index >= 15 is 0 Å². The van der Waals surface area contributed by atoms with Crippen molar-refractivity contribution in [1.82, 2.24) is 0 Å². The number of carbonyl (C=O) groups excluding carboxylic acids is 1. The molecule has 4 aromatic rings. The summed E-state index contributed by atoms with van der Waals surface area (Å²) in [6.07, 6.45) is 0. The topological polar surface area (TPSA) is 38.3 Å². The lowest BCUT2D eigenvalue weighted by atomic mass is 9.97. The second-order valence-corrected chi connectivity index (χ2v) is 6.29. The molecule has 1 amide bonds. The standard InChI is InChI=1S/C24H19NO2/c1-27-21-15-13-20(14-16-21)25-24(26)19-11-9-18(10-12-19)23-8-4-6-17-5-2-3-7-22(17)23/h2-16H,1H3,(H,25,26). The zero-order chi connectivity index (χ0) is 18.6. The number of benzene rings is 4. The number of methoxy groups -OCH3 is 1. The normalized spacial score (nSPS) is 10.6. The Morgan fingerprint density at radius 3 is 2.22 bits per heavy atom. The van der Waals surface area contributed by atoms with Gasteiger partial charge in [0.25, 0.3) is 5.91 Å². The fourth-order valence-electron chi connectivity index (χ4n) is 3.16. The first-order chi connectivity index (χ1) is 13.2. The van der Waals surface area contributed by atoms with Crippen molar-refractivity contribution in [1.29, 1.82) is 0 Å². The highest BCUT2D eigenvalue weighted by Crippen LogP contribution is 2.28. The summed E-state index contributed by atoms with van der Waals surface area (Å²) in [5.74, 6) is 0.622. The molecule has 0 aromatic heterocycles. The molecule has 132 valence electrons. The van der Waals surface area contributed by atoms with E-state index in [0.717, 1.165) is 22.6 Å². The number of ether oxygens (including phenoxy) is 1. The van der Waals surface area contributed by atoms with Gasteiger partial charge in [-0.3, -0.25) is 4.79 Å². The van der Waals surface area contributed by atoms with E-state index in [9.17, 15) is 4.79 Å². The largest absolute Gasteiger partial charge is 0.497 e. The Kier molecular flexibility index (Phi) is 4.58.